The molecule has 0 bridgehead atoms. The van der Waals surface area contributed by atoms with Gasteiger partial charge in [0.1, 0.15) is 5.82 Å². The van der Waals surface area contributed by atoms with Crippen molar-refractivity contribution in [3.8, 4) is 11.4 Å². The maximum atomic E-state index is 13.2. The molecule has 4 heteroatoms. The minimum absolute atomic E-state index is 0.141. The summed E-state index contributed by atoms with van der Waals surface area (Å²) < 4.78 is 13.2. The molecule has 0 spiro atoms. The first-order chi connectivity index (χ1) is 9.10. The topological polar surface area (TPSA) is 51.8 Å². The summed E-state index contributed by atoms with van der Waals surface area (Å²) >= 11 is 0. The number of rotatable bonds is 4. The third-order valence-corrected chi connectivity index (χ3v) is 3.14. The highest BCUT2D eigenvalue weighted by Gasteiger charge is 2.06. The molecule has 0 saturated carbocycles. The second-order valence-electron chi connectivity index (χ2n) is 4.75. The molecule has 0 saturated heterocycles. The van der Waals surface area contributed by atoms with E-state index in [4.69, 9.17) is 5.73 Å². The molecule has 0 fully saturated rings. The Bertz CT molecular complexity index is 552. The fraction of sp³-hybridized carbons (Fsp3) is 0.333. The highest BCUT2D eigenvalue weighted by Crippen LogP contribution is 2.18. The third-order valence-electron chi connectivity index (χ3n) is 3.14. The van der Waals surface area contributed by atoms with Gasteiger partial charge in [0.2, 0.25) is 0 Å². The van der Waals surface area contributed by atoms with Gasteiger partial charge in [0.15, 0.2) is 5.82 Å². The standard InChI is InChI=1S/C15H18FN3/c1-3-13(17)7-11-8-18-15(19-9-11)12-4-5-14(16)10(2)6-12/h4-6,8-9,13H,3,7,17H2,1-2H3. The van der Waals surface area contributed by atoms with Gasteiger partial charge in [-0.3, -0.25) is 0 Å². The number of hydrogen-bond acceptors (Lipinski definition) is 3. The Labute approximate surface area is 112 Å². The number of halogens is 1. The van der Waals surface area contributed by atoms with Crippen LogP contribution in [0.1, 0.15) is 24.5 Å². The lowest BCUT2D eigenvalue weighted by Gasteiger charge is -2.08. The largest absolute Gasteiger partial charge is 0.327 e. The summed E-state index contributed by atoms with van der Waals surface area (Å²) in [4.78, 5) is 8.64. The van der Waals surface area contributed by atoms with E-state index in [0.717, 1.165) is 24.0 Å². The van der Waals surface area contributed by atoms with Gasteiger partial charge < -0.3 is 5.73 Å². The van der Waals surface area contributed by atoms with E-state index in [-0.39, 0.29) is 11.9 Å². The molecule has 1 heterocycles. The van der Waals surface area contributed by atoms with Crippen LogP contribution in [-0.2, 0) is 6.42 Å². The SMILES string of the molecule is CCC(N)Cc1cnc(-c2ccc(F)c(C)c2)nc1. The summed E-state index contributed by atoms with van der Waals surface area (Å²) in [5, 5.41) is 0. The molecule has 1 unspecified atom stereocenters. The lowest BCUT2D eigenvalue weighted by atomic mass is 10.1. The fourth-order valence-electron chi connectivity index (χ4n) is 1.84. The van der Waals surface area contributed by atoms with Crippen LogP contribution in [0.15, 0.2) is 30.6 Å². The summed E-state index contributed by atoms with van der Waals surface area (Å²) in [6.07, 6.45) is 5.28. The monoisotopic (exact) mass is 259 g/mol. The summed E-state index contributed by atoms with van der Waals surface area (Å²) in [5.41, 5.74) is 8.34. The van der Waals surface area contributed by atoms with Crippen molar-refractivity contribution < 1.29 is 4.39 Å². The Balaban J connectivity index is 2.20. The van der Waals surface area contributed by atoms with Crippen molar-refractivity contribution in [2.24, 2.45) is 5.73 Å². The Morgan fingerprint density at radius 1 is 1.26 bits per heavy atom. The molecule has 0 aliphatic heterocycles. The van der Waals surface area contributed by atoms with E-state index in [2.05, 4.69) is 16.9 Å². The Kier molecular flexibility index (Phi) is 4.22. The summed E-state index contributed by atoms with van der Waals surface area (Å²) in [7, 11) is 0. The highest BCUT2D eigenvalue weighted by molar-refractivity contribution is 5.55. The molecule has 3 nitrogen and oxygen atoms in total. The molecule has 0 aliphatic rings. The molecule has 1 atom stereocenters. The second-order valence-corrected chi connectivity index (χ2v) is 4.75. The minimum Gasteiger partial charge on any atom is -0.327 e. The number of nitrogens with two attached hydrogens (primary N) is 1. The second kappa shape index (κ2) is 5.89. The first-order valence-corrected chi connectivity index (χ1v) is 6.43. The van der Waals surface area contributed by atoms with Gasteiger partial charge >= 0.3 is 0 Å². The number of nitrogens with zero attached hydrogens (tertiary/aromatic N) is 2. The molecule has 0 amide bonds. The van der Waals surface area contributed by atoms with Crippen molar-refractivity contribution in [2.75, 3.05) is 0 Å². The van der Waals surface area contributed by atoms with Crippen molar-refractivity contribution in [1.82, 2.24) is 9.97 Å². The normalized spacial score (nSPS) is 12.4. The third kappa shape index (κ3) is 3.35. The maximum Gasteiger partial charge on any atom is 0.159 e. The predicted octanol–water partition coefficient (Wildman–Crippen LogP) is 2.87. The van der Waals surface area contributed by atoms with Crippen LogP contribution in [0.5, 0.6) is 0 Å². The minimum atomic E-state index is -0.214. The van der Waals surface area contributed by atoms with Gasteiger partial charge in [0.05, 0.1) is 0 Å². The maximum absolute atomic E-state index is 13.2. The number of aryl methyl sites for hydroxylation is 1. The summed E-state index contributed by atoms with van der Waals surface area (Å²) in [6.45, 7) is 3.79. The molecule has 2 rings (SSSR count). The molecule has 2 aromatic rings. The summed E-state index contributed by atoms with van der Waals surface area (Å²) in [6, 6.07) is 5.02. The molecular weight excluding hydrogens is 241 g/mol. The van der Waals surface area contributed by atoms with Gasteiger partial charge in [0.25, 0.3) is 0 Å². The van der Waals surface area contributed by atoms with Crippen molar-refractivity contribution in [1.29, 1.82) is 0 Å². The van der Waals surface area contributed by atoms with E-state index in [9.17, 15) is 4.39 Å². The molecule has 0 aliphatic carbocycles. The van der Waals surface area contributed by atoms with Crippen molar-refractivity contribution in [3.63, 3.8) is 0 Å². The van der Waals surface area contributed by atoms with Gasteiger partial charge in [0, 0.05) is 24.0 Å². The molecule has 1 aromatic carbocycles. The van der Waals surface area contributed by atoms with E-state index >= 15 is 0 Å². The van der Waals surface area contributed by atoms with Crippen molar-refractivity contribution in [2.45, 2.75) is 32.7 Å². The molecule has 0 radical (unpaired) electrons. The molecule has 2 N–H and O–H groups in total. The Morgan fingerprint density at radius 2 is 1.95 bits per heavy atom. The Hall–Kier alpha value is -1.81. The highest BCUT2D eigenvalue weighted by atomic mass is 19.1. The number of hydrogen-bond donors (Lipinski definition) is 1. The van der Waals surface area contributed by atoms with Crippen molar-refractivity contribution in [3.05, 3.63) is 47.5 Å². The number of aromatic nitrogens is 2. The van der Waals surface area contributed by atoms with Crippen LogP contribution in [0.2, 0.25) is 0 Å². The Morgan fingerprint density at radius 3 is 2.53 bits per heavy atom. The summed E-state index contributed by atoms with van der Waals surface area (Å²) in [5.74, 6) is 0.395. The first kappa shape index (κ1) is 13.6. The zero-order valence-corrected chi connectivity index (χ0v) is 11.2. The van der Waals surface area contributed by atoms with Gasteiger partial charge in [-0.1, -0.05) is 6.92 Å². The van der Waals surface area contributed by atoms with E-state index in [1.807, 2.05) is 0 Å². The van der Waals surface area contributed by atoms with Gasteiger partial charge in [-0.25, -0.2) is 14.4 Å². The average molecular weight is 259 g/mol. The zero-order valence-electron chi connectivity index (χ0n) is 11.2. The lowest BCUT2D eigenvalue weighted by Crippen LogP contribution is -2.21. The van der Waals surface area contributed by atoms with Gasteiger partial charge in [-0.2, -0.15) is 0 Å². The zero-order chi connectivity index (χ0) is 13.8. The van der Waals surface area contributed by atoms with Gasteiger partial charge in [-0.15, -0.1) is 0 Å². The first-order valence-electron chi connectivity index (χ1n) is 6.43. The quantitative estimate of drug-likeness (QED) is 0.918. The molecule has 1 aromatic heterocycles. The van der Waals surface area contributed by atoms with Crippen LogP contribution in [0.25, 0.3) is 11.4 Å². The van der Waals surface area contributed by atoms with E-state index in [1.165, 1.54) is 6.07 Å². The van der Waals surface area contributed by atoms with Crippen LogP contribution in [0, 0.1) is 12.7 Å². The molecular formula is C15H18FN3. The van der Waals surface area contributed by atoms with E-state index in [1.54, 1.807) is 31.5 Å². The van der Waals surface area contributed by atoms with E-state index in [0.29, 0.717) is 11.4 Å². The average Bonchev–Trinajstić information content (AvgIpc) is 2.42. The van der Waals surface area contributed by atoms with Crippen LogP contribution < -0.4 is 5.73 Å². The fourth-order valence-corrected chi connectivity index (χ4v) is 1.84. The smallest absolute Gasteiger partial charge is 0.159 e. The van der Waals surface area contributed by atoms with Crippen LogP contribution >= 0.6 is 0 Å². The molecule has 19 heavy (non-hydrogen) atoms. The van der Waals surface area contributed by atoms with Crippen molar-refractivity contribution >= 4 is 0 Å². The number of benzene rings is 1. The molecule has 100 valence electrons. The predicted molar refractivity (Wildman–Crippen MR) is 74.1 cm³/mol. The van der Waals surface area contributed by atoms with Crippen LogP contribution in [-0.4, -0.2) is 16.0 Å². The van der Waals surface area contributed by atoms with Gasteiger partial charge in [-0.05, 0) is 49.1 Å². The lowest BCUT2D eigenvalue weighted by molar-refractivity contribution is 0.618. The van der Waals surface area contributed by atoms with E-state index < -0.39 is 0 Å². The van der Waals surface area contributed by atoms with Crippen LogP contribution in [0.3, 0.4) is 0 Å². The van der Waals surface area contributed by atoms with Crippen LogP contribution in [0.4, 0.5) is 4.39 Å².